The van der Waals surface area contributed by atoms with Crippen molar-refractivity contribution in [3.05, 3.63) is 93.7 Å². The lowest BCUT2D eigenvalue weighted by atomic mass is 10.1. The van der Waals surface area contributed by atoms with Gasteiger partial charge in [-0.2, -0.15) is 0 Å². The van der Waals surface area contributed by atoms with Crippen LogP contribution in [0.25, 0.3) is 0 Å². The number of nitrogens with one attached hydrogen (secondary N) is 1. The molecule has 1 N–H and O–H groups in total. The standard InChI is InChI=1S/C28H30Cl2FN3O4S/c1-18(2)32-28(36)20(4)33(16-21-10-12-22(31)13-11-21)26(35)17-34(25-7-5-6-24(29)27(25)30)39(37,38)23-14-8-19(3)9-15-23/h5-15,18,20H,16-17H2,1-4H3,(H,32,36)/t20-/m1/s1. The summed E-state index contributed by atoms with van der Waals surface area (Å²) in [7, 11) is -4.29. The number of anilines is 1. The lowest BCUT2D eigenvalue weighted by Crippen LogP contribution is -2.52. The number of aryl methyl sites for hydroxylation is 1. The largest absolute Gasteiger partial charge is 0.352 e. The molecule has 0 fully saturated rings. The van der Waals surface area contributed by atoms with Crippen molar-refractivity contribution in [2.24, 2.45) is 0 Å². The second-order valence-corrected chi connectivity index (χ2v) is 12.0. The second-order valence-electron chi connectivity index (χ2n) is 9.39. The van der Waals surface area contributed by atoms with Gasteiger partial charge in [0.15, 0.2) is 0 Å². The number of sulfonamides is 1. The first kappa shape index (κ1) is 30.4. The summed E-state index contributed by atoms with van der Waals surface area (Å²) in [6.45, 7) is 6.21. The van der Waals surface area contributed by atoms with Crippen LogP contribution >= 0.6 is 23.2 Å². The number of hydrogen-bond acceptors (Lipinski definition) is 4. The van der Waals surface area contributed by atoms with Gasteiger partial charge < -0.3 is 10.2 Å². The third kappa shape index (κ3) is 7.50. The molecule has 3 aromatic rings. The van der Waals surface area contributed by atoms with E-state index in [0.29, 0.717) is 5.56 Å². The molecule has 3 aromatic carbocycles. The quantitative estimate of drug-likeness (QED) is 0.332. The fourth-order valence-electron chi connectivity index (χ4n) is 3.81. The minimum absolute atomic E-state index is 0.0131. The summed E-state index contributed by atoms with van der Waals surface area (Å²) in [5, 5.41) is 2.84. The van der Waals surface area contributed by atoms with Gasteiger partial charge in [-0.15, -0.1) is 0 Å². The van der Waals surface area contributed by atoms with E-state index in [0.717, 1.165) is 9.87 Å². The average molecular weight is 595 g/mol. The van der Waals surface area contributed by atoms with Crippen LogP contribution in [-0.2, 0) is 26.2 Å². The van der Waals surface area contributed by atoms with Crippen LogP contribution in [0.15, 0.2) is 71.6 Å². The van der Waals surface area contributed by atoms with Crippen molar-refractivity contribution in [2.45, 2.75) is 51.2 Å². The molecule has 0 aromatic heterocycles. The zero-order valence-corrected chi connectivity index (χ0v) is 24.3. The van der Waals surface area contributed by atoms with Gasteiger partial charge in [0.1, 0.15) is 18.4 Å². The van der Waals surface area contributed by atoms with Gasteiger partial charge in [-0.1, -0.05) is 59.1 Å². The Morgan fingerprint density at radius 1 is 0.949 bits per heavy atom. The summed E-state index contributed by atoms with van der Waals surface area (Å²) in [6.07, 6.45) is 0. The molecule has 39 heavy (non-hydrogen) atoms. The van der Waals surface area contributed by atoms with Crippen LogP contribution < -0.4 is 9.62 Å². The zero-order chi connectivity index (χ0) is 28.9. The van der Waals surface area contributed by atoms with Gasteiger partial charge >= 0.3 is 0 Å². The molecule has 0 aliphatic carbocycles. The maximum atomic E-state index is 13.8. The number of hydrogen-bond donors (Lipinski definition) is 1. The van der Waals surface area contributed by atoms with Crippen molar-refractivity contribution in [3.8, 4) is 0 Å². The molecule has 0 aliphatic heterocycles. The second kappa shape index (κ2) is 12.8. The minimum atomic E-state index is -4.29. The van der Waals surface area contributed by atoms with Gasteiger partial charge in [0, 0.05) is 12.6 Å². The van der Waals surface area contributed by atoms with E-state index in [2.05, 4.69) is 5.32 Å². The molecule has 0 unspecified atom stereocenters. The number of carbonyl (C=O) groups is 2. The maximum Gasteiger partial charge on any atom is 0.264 e. The Bertz CT molecular complexity index is 1430. The zero-order valence-electron chi connectivity index (χ0n) is 22.0. The summed E-state index contributed by atoms with van der Waals surface area (Å²) in [5.41, 5.74) is 1.43. The highest BCUT2D eigenvalue weighted by molar-refractivity contribution is 7.92. The van der Waals surface area contributed by atoms with Gasteiger partial charge in [-0.05, 0) is 69.7 Å². The van der Waals surface area contributed by atoms with Crippen molar-refractivity contribution in [1.29, 1.82) is 0 Å². The van der Waals surface area contributed by atoms with Crippen LogP contribution in [-0.4, -0.2) is 43.8 Å². The van der Waals surface area contributed by atoms with Crippen LogP contribution in [0.1, 0.15) is 31.9 Å². The van der Waals surface area contributed by atoms with Gasteiger partial charge in [0.2, 0.25) is 11.8 Å². The minimum Gasteiger partial charge on any atom is -0.352 e. The Balaban J connectivity index is 2.07. The molecular formula is C28H30Cl2FN3O4S. The molecule has 1 atom stereocenters. The fraction of sp³-hybridized carbons (Fsp3) is 0.286. The summed E-state index contributed by atoms with van der Waals surface area (Å²) in [6, 6.07) is 15.0. The first-order valence-corrected chi connectivity index (χ1v) is 14.4. The summed E-state index contributed by atoms with van der Waals surface area (Å²) in [5.74, 6) is -1.54. The van der Waals surface area contributed by atoms with Crippen LogP contribution in [0.5, 0.6) is 0 Å². The number of carbonyl (C=O) groups excluding carboxylic acids is 2. The Morgan fingerprint density at radius 2 is 1.56 bits per heavy atom. The van der Waals surface area contributed by atoms with Crippen LogP contribution in [0.4, 0.5) is 10.1 Å². The SMILES string of the molecule is Cc1ccc(S(=O)(=O)N(CC(=O)N(Cc2ccc(F)cc2)[C@H](C)C(=O)NC(C)C)c2cccc(Cl)c2Cl)cc1. The molecule has 3 rings (SSSR count). The fourth-order valence-corrected chi connectivity index (χ4v) is 5.68. The van der Waals surface area contributed by atoms with E-state index < -0.39 is 40.2 Å². The highest BCUT2D eigenvalue weighted by Gasteiger charge is 2.33. The van der Waals surface area contributed by atoms with E-state index in [1.165, 1.54) is 59.5 Å². The van der Waals surface area contributed by atoms with Crippen molar-refractivity contribution in [3.63, 3.8) is 0 Å². The van der Waals surface area contributed by atoms with Crippen molar-refractivity contribution in [2.75, 3.05) is 10.8 Å². The summed E-state index contributed by atoms with van der Waals surface area (Å²) < 4.78 is 42.1. The Hall–Kier alpha value is -3.14. The van der Waals surface area contributed by atoms with Crippen LogP contribution in [0, 0.1) is 12.7 Å². The Morgan fingerprint density at radius 3 is 2.15 bits per heavy atom. The third-order valence-corrected chi connectivity index (χ3v) is 8.54. The molecular weight excluding hydrogens is 564 g/mol. The van der Waals surface area contributed by atoms with E-state index in [1.807, 2.05) is 6.92 Å². The number of nitrogens with zero attached hydrogens (tertiary/aromatic N) is 2. The maximum absolute atomic E-state index is 13.8. The van der Waals surface area contributed by atoms with Gasteiger partial charge in [0.05, 0.1) is 20.6 Å². The molecule has 0 heterocycles. The molecule has 0 radical (unpaired) electrons. The van der Waals surface area contributed by atoms with Gasteiger partial charge in [-0.25, -0.2) is 12.8 Å². The Kier molecular flexibility index (Phi) is 9.98. The highest BCUT2D eigenvalue weighted by atomic mass is 35.5. The van der Waals surface area contributed by atoms with Crippen molar-refractivity contribution in [1.82, 2.24) is 10.2 Å². The molecule has 0 bridgehead atoms. The van der Waals surface area contributed by atoms with E-state index in [9.17, 15) is 22.4 Å². The van der Waals surface area contributed by atoms with Crippen molar-refractivity contribution < 1.29 is 22.4 Å². The molecule has 7 nitrogen and oxygen atoms in total. The predicted octanol–water partition coefficient (Wildman–Crippen LogP) is 5.58. The van der Waals surface area contributed by atoms with E-state index >= 15 is 0 Å². The molecule has 0 spiro atoms. The monoisotopic (exact) mass is 593 g/mol. The molecule has 0 saturated carbocycles. The highest BCUT2D eigenvalue weighted by Crippen LogP contribution is 2.35. The summed E-state index contributed by atoms with van der Waals surface area (Å²) in [4.78, 5) is 28.0. The molecule has 208 valence electrons. The third-order valence-electron chi connectivity index (χ3n) is 5.95. The Labute approximate surface area is 238 Å². The lowest BCUT2D eigenvalue weighted by Gasteiger charge is -2.32. The van der Waals surface area contributed by atoms with Gasteiger partial charge in [0.25, 0.3) is 10.0 Å². The number of benzene rings is 3. The number of amides is 2. The molecule has 2 amide bonds. The topological polar surface area (TPSA) is 86.8 Å². The van der Waals surface area contributed by atoms with Crippen LogP contribution in [0.3, 0.4) is 0 Å². The van der Waals surface area contributed by atoms with E-state index in [1.54, 1.807) is 32.9 Å². The molecule has 0 saturated heterocycles. The molecule has 0 aliphatic rings. The smallest absolute Gasteiger partial charge is 0.264 e. The first-order valence-electron chi connectivity index (χ1n) is 12.2. The number of halogens is 3. The van der Waals surface area contributed by atoms with E-state index in [4.69, 9.17) is 23.2 Å². The predicted molar refractivity (Wildman–Crippen MR) is 152 cm³/mol. The van der Waals surface area contributed by atoms with E-state index in [-0.39, 0.29) is 33.2 Å². The number of rotatable bonds is 10. The average Bonchev–Trinajstić information content (AvgIpc) is 2.88. The summed E-state index contributed by atoms with van der Waals surface area (Å²) >= 11 is 12.6. The first-order chi connectivity index (χ1) is 18.3. The van der Waals surface area contributed by atoms with Crippen molar-refractivity contribution >= 4 is 50.7 Å². The van der Waals surface area contributed by atoms with Gasteiger partial charge in [-0.3, -0.25) is 13.9 Å². The lowest BCUT2D eigenvalue weighted by molar-refractivity contribution is -0.139. The van der Waals surface area contributed by atoms with Crippen LogP contribution in [0.2, 0.25) is 10.0 Å². The molecule has 11 heteroatoms. The normalized spacial score (nSPS) is 12.2.